The van der Waals surface area contributed by atoms with Gasteiger partial charge in [-0.2, -0.15) is 0 Å². The van der Waals surface area contributed by atoms with E-state index in [2.05, 4.69) is 56.4 Å². The van der Waals surface area contributed by atoms with E-state index in [0.717, 1.165) is 29.7 Å². The summed E-state index contributed by atoms with van der Waals surface area (Å²) in [6.45, 7) is 8.44. The van der Waals surface area contributed by atoms with Crippen molar-refractivity contribution < 1.29 is 4.79 Å². The van der Waals surface area contributed by atoms with Crippen molar-refractivity contribution in [1.29, 1.82) is 0 Å². The predicted octanol–water partition coefficient (Wildman–Crippen LogP) is 4.84. The average molecular weight is 369 g/mol. The highest BCUT2D eigenvalue weighted by Gasteiger charge is 2.39. The van der Waals surface area contributed by atoms with Crippen LogP contribution in [0.4, 0.5) is 0 Å². The Hall–Kier alpha value is -0.840. The van der Waals surface area contributed by atoms with Gasteiger partial charge in [0.2, 0.25) is 0 Å². The van der Waals surface area contributed by atoms with Gasteiger partial charge in [-0.1, -0.05) is 31.5 Å². The van der Waals surface area contributed by atoms with Crippen LogP contribution in [0.15, 0.2) is 27.8 Å². The fourth-order valence-corrected chi connectivity index (χ4v) is 3.54. The molecule has 1 aromatic rings. The smallest absolute Gasteiger partial charge is 0.259 e. The van der Waals surface area contributed by atoms with Gasteiger partial charge in [0.15, 0.2) is 0 Å². The Morgan fingerprint density at radius 1 is 1.21 bits per heavy atom. The van der Waals surface area contributed by atoms with Crippen molar-refractivity contribution in [1.82, 2.24) is 4.90 Å². The quantitative estimate of drug-likeness (QED) is 0.683. The molecule has 1 amide bonds. The van der Waals surface area contributed by atoms with Crippen LogP contribution in [0.25, 0.3) is 5.70 Å². The number of allylic oxidation sites excluding steroid dienone is 1. The molecule has 2 nitrogen and oxygen atoms in total. The number of fused-ring (bicyclic) bond motifs is 1. The minimum absolute atomic E-state index is 0.128. The van der Waals surface area contributed by atoms with Crippen molar-refractivity contribution in [3.63, 3.8) is 0 Å². The summed E-state index contributed by atoms with van der Waals surface area (Å²) in [6, 6.07) is 7.93. The molecule has 0 fully saturated rings. The monoisotopic (exact) mass is 369 g/mol. The number of carbonyl (C=O) groups is 1. The van der Waals surface area contributed by atoms with E-state index in [1.165, 1.54) is 3.58 Å². The summed E-state index contributed by atoms with van der Waals surface area (Å²) in [5.74, 6) is 0.128. The summed E-state index contributed by atoms with van der Waals surface area (Å²) in [5, 5.41) is 0. The molecule has 1 heterocycles. The highest BCUT2D eigenvalue weighted by molar-refractivity contribution is 14.1. The molecule has 2 rings (SSSR count). The Bertz CT molecular complexity index is 540. The number of rotatable bonds is 2. The standard InChI is InChI=1S/C16H20INO/c1-5-8-13(17)14-11-9-6-7-10-12(11)15(19)18(14)16(2,3)4/h6-7,9-10H,5,8H2,1-4H3/b14-13+. The zero-order valence-corrected chi connectivity index (χ0v) is 14.1. The zero-order chi connectivity index (χ0) is 14.2. The fraction of sp³-hybridized carbons (Fsp3) is 0.438. The van der Waals surface area contributed by atoms with Crippen LogP contribution in [0.3, 0.4) is 0 Å². The number of carbonyl (C=O) groups excluding carboxylic acids is 1. The van der Waals surface area contributed by atoms with Gasteiger partial charge in [-0.25, -0.2) is 0 Å². The summed E-state index contributed by atoms with van der Waals surface area (Å²) in [4.78, 5) is 14.6. The third kappa shape index (κ3) is 2.57. The van der Waals surface area contributed by atoms with E-state index >= 15 is 0 Å². The third-order valence-electron chi connectivity index (χ3n) is 3.24. The van der Waals surface area contributed by atoms with Gasteiger partial charge in [-0.15, -0.1) is 0 Å². The van der Waals surface area contributed by atoms with E-state index in [9.17, 15) is 4.79 Å². The summed E-state index contributed by atoms with van der Waals surface area (Å²) in [7, 11) is 0. The second-order valence-electron chi connectivity index (χ2n) is 5.86. The van der Waals surface area contributed by atoms with Crippen LogP contribution in [-0.4, -0.2) is 16.3 Å². The number of hydrogen-bond donors (Lipinski definition) is 0. The summed E-state index contributed by atoms with van der Waals surface area (Å²) in [6.07, 6.45) is 2.11. The third-order valence-corrected chi connectivity index (χ3v) is 4.29. The van der Waals surface area contributed by atoms with Gasteiger partial charge in [0.05, 0.1) is 5.70 Å². The van der Waals surface area contributed by atoms with E-state index < -0.39 is 0 Å². The van der Waals surface area contributed by atoms with Gasteiger partial charge in [-0.05, 0) is 55.8 Å². The van der Waals surface area contributed by atoms with Crippen molar-refractivity contribution in [2.45, 2.75) is 46.1 Å². The van der Waals surface area contributed by atoms with Crippen molar-refractivity contribution in [2.75, 3.05) is 0 Å². The van der Waals surface area contributed by atoms with Crippen LogP contribution in [0, 0.1) is 0 Å². The van der Waals surface area contributed by atoms with Crippen molar-refractivity contribution in [3.8, 4) is 0 Å². The van der Waals surface area contributed by atoms with E-state index in [1.54, 1.807) is 0 Å². The largest absolute Gasteiger partial charge is 0.302 e. The summed E-state index contributed by atoms with van der Waals surface area (Å²) in [5.41, 5.74) is 2.82. The van der Waals surface area contributed by atoms with Crippen LogP contribution in [0.1, 0.15) is 56.5 Å². The van der Waals surface area contributed by atoms with Crippen LogP contribution in [-0.2, 0) is 0 Å². The molecule has 0 N–H and O–H groups in total. The van der Waals surface area contributed by atoms with Crippen molar-refractivity contribution in [2.24, 2.45) is 0 Å². The molecule has 3 heteroatoms. The molecule has 0 unspecified atom stereocenters. The molecule has 102 valence electrons. The number of hydrogen-bond acceptors (Lipinski definition) is 1. The molecule has 1 aromatic carbocycles. The number of nitrogens with zero attached hydrogens (tertiary/aromatic N) is 1. The van der Waals surface area contributed by atoms with Gasteiger partial charge < -0.3 is 4.90 Å². The predicted molar refractivity (Wildman–Crippen MR) is 88.2 cm³/mol. The fourth-order valence-electron chi connectivity index (χ4n) is 2.46. The van der Waals surface area contributed by atoms with E-state index in [4.69, 9.17) is 0 Å². The molecule has 0 spiro atoms. The first-order valence-corrected chi connectivity index (χ1v) is 7.78. The first kappa shape index (κ1) is 14.6. The molecule has 0 aromatic heterocycles. The second kappa shape index (κ2) is 5.27. The normalized spacial score (nSPS) is 17.7. The average Bonchev–Trinajstić information content (AvgIpc) is 2.63. The molecule has 0 atom stereocenters. The van der Waals surface area contributed by atoms with Gasteiger partial charge in [0.25, 0.3) is 5.91 Å². The number of halogens is 1. The van der Waals surface area contributed by atoms with Crippen LogP contribution in [0.5, 0.6) is 0 Å². The first-order valence-electron chi connectivity index (χ1n) is 6.70. The SMILES string of the molecule is CCC/C(I)=C1/c2ccccc2C(=O)N1C(C)(C)C. The van der Waals surface area contributed by atoms with Crippen molar-refractivity contribution >= 4 is 34.2 Å². The van der Waals surface area contributed by atoms with E-state index in [0.29, 0.717) is 0 Å². The molecular weight excluding hydrogens is 349 g/mol. The number of amides is 1. The molecule has 19 heavy (non-hydrogen) atoms. The Morgan fingerprint density at radius 2 is 1.79 bits per heavy atom. The molecule has 0 saturated heterocycles. The zero-order valence-electron chi connectivity index (χ0n) is 12.0. The maximum atomic E-state index is 12.7. The Balaban J connectivity index is 2.65. The molecule has 0 saturated carbocycles. The molecule has 1 aliphatic rings. The molecular formula is C16H20INO. The van der Waals surface area contributed by atoms with Gasteiger partial charge in [-0.3, -0.25) is 4.79 Å². The number of benzene rings is 1. The Kier molecular flexibility index (Phi) is 4.04. The van der Waals surface area contributed by atoms with Gasteiger partial charge in [0, 0.05) is 20.2 Å². The van der Waals surface area contributed by atoms with E-state index in [-0.39, 0.29) is 11.4 Å². The maximum Gasteiger partial charge on any atom is 0.259 e. The minimum Gasteiger partial charge on any atom is -0.302 e. The topological polar surface area (TPSA) is 20.3 Å². The lowest BCUT2D eigenvalue weighted by atomic mass is 10.0. The highest BCUT2D eigenvalue weighted by Crippen LogP contribution is 2.42. The molecule has 0 radical (unpaired) electrons. The highest BCUT2D eigenvalue weighted by atomic mass is 127. The van der Waals surface area contributed by atoms with Crippen LogP contribution in [0.2, 0.25) is 0 Å². The van der Waals surface area contributed by atoms with Crippen LogP contribution < -0.4 is 0 Å². The molecule has 1 aliphatic heterocycles. The molecule has 0 bridgehead atoms. The maximum absolute atomic E-state index is 12.7. The van der Waals surface area contributed by atoms with Gasteiger partial charge >= 0.3 is 0 Å². The summed E-state index contributed by atoms with van der Waals surface area (Å²) >= 11 is 2.39. The first-order chi connectivity index (χ1) is 8.88. The lowest BCUT2D eigenvalue weighted by Gasteiger charge is -2.33. The van der Waals surface area contributed by atoms with Crippen molar-refractivity contribution in [3.05, 3.63) is 39.0 Å². The lowest BCUT2D eigenvalue weighted by molar-refractivity contribution is 0.0748. The second-order valence-corrected chi connectivity index (χ2v) is 7.16. The molecule has 0 aliphatic carbocycles. The lowest BCUT2D eigenvalue weighted by Crippen LogP contribution is -2.41. The Labute approximate surface area is 129 Å². The van der Waals surface area contributed by atoms with Gasteiger partial charge in [0.1, 0.15) is 0 Å². The summed E-state index contributed by atoms with van der Waals surface area (Å²) < 4.78 is 1.27. The minimum atomic E-state index is -0.199. The Morgan fingerprint density at radius 3 is 2.32 bits per heavy atom. The van der Waals surface area contributed by atoms with Crippen LogP contribution >= 0.6 is 22.6 Å². The van der Waals surface area contributed by atoms with E-state index in [1.807, 2.05) is 23.1 Å².